The first-order valence-electron chi connectivity index (χ1n) is 5.74. The van der Waals surface area contributed by atoms with Crippen molar-refractivity contribution in [1.82, 2.24) is 10.9 Å². The minimum absolute atomic E-state index is 0.385. The molecule has 1 aromatic carbocycles. The molecule has 0 aliphatic rings. The van der Waals surface area contributed by atoms with Crippen molar-refractivity contribution in [2.24, 2.45) is 0 Å². The number of nitrogens with one attached hydrogen (secondary N) is 2. The zero-order valence-corrected chi connectivity index (χ0v) is 13.5. The van der Waals surface area contributed by atoms with Crippen molar-refractivity contribution >= 4 is 34.6 Å². The van der Waals surface area contributed by atoms with Gasteiger partial charge in [-0.05, 0) is 68.0 Å². The molecule has 0 heterocycles. The van der Waals surface area contributed by atoms with E-state index >= 15 is 0 Å². The molecule has 1 rings (SSSR count). The Morgan fingerprint density at radius 1 is 1.21 bits per heavy atom. The van der Waals surface area contributed by atoms with Gasteiger partial charge in [-0.3, -0.25) is 10.2 Å². The summed E-state index contributed by atoms with van der Waals surface area (Å²) in [6, 6.07) is 5.30. The first-order chi connectivity index (χ1) is 8.69. The Morgan fingerprint density at radius 3 is 2.37 bits per heavy atom. The van der Waals surface area contributed by atoms with E-state index in [-0.39, 0.29) is 5.91 Å². The van der Waals surface area contributed by atoms with E-state index < -0.39 is 11.7 Å². The van der Waals surface area contributed by atoms with Gasteiger partial charge in [0.05, 0.1) is 0 Å². The summed E-state index contributed by atoms with van der Waals surface area (Å²) < 4.78 is 5.99. The number of carbonyl (C=O) groups excluding carboxylic acids is 2. The fraction of sp³-hybridized carbons (Fsp3) is 0.385. The van der Waals surface area contributed by atoms with Crippen molar-refractivity contribution in [3.8, 4) is 0 Å². The third-order valence-electron chi connectivity index (χ3n) is 2.11. The topological polar surface area (TPSA) is 67.4 Å². The van der Waals surface area contributed by atoms with Crippen LogP contribution in [0, 0.1) is 10.5 Å². The van der Waals surface area contributed by atoms with E-state index in [0.717, 1.165) is 9.13 Å². The minimum atomic E-state index is -0.692. The fourth-order valence-corrected chi connectivity index (χ4v) is 1.73. The second-order valence-corrected chi connectivity index (χ2v) is 6.21. The average molecular weight is 376 g/mol. The fourth-order valence-electron chi connectivity index (χ4n) is 1.22. The maximum Gasteiger partial charge on any atom is 0.426 e. The monoisotopic (exact) mass is 376 g/mol. The number of halogens is 1. The predicted octanol–water partition coefficient (Wildman–Crippen LogP) is 2.77. The van der Waals surface area contributed by atoms with Gasteiger partial charge in [-0.2, -0.15) is 0 Å². The van der Waals surface area contributed by atoms with Crippen molar-refractivity contribution in [2.75, 3.05) is 0 Å². The Hall–Kier alpha value is -1.31. The van der Waals surface area contributed by atoms with Gasteiger partial charge in [0.1, 0.15) is 5.60 Å². The lowest BCUT2D eigenvalue weighted by atomic mass is 10.1. The zero-order chi connectivity index (χ0) is 14.6. The number of amides is 2. The molecule has 6 heteroatoms. The molecule has 0 radical (unpaired) electrons. The number of rotatable bonds is 1. The second-order valence-electron chi connectivity index (χ2n) is 5.04. The summed E-state index contributed by atoms with van der Waals surface area (Å²) in [4.78, 5) is 23.2. The van der Waals surface area contributed by atoms with Gasteiger partial charge in [0, 0.05) is 9.13 Å². The maximum absolute atomic E-state index is 11.8. The highest BCUT2D eigenvalue weighted by molar-refractivity contribution is 14.1. The largest absolute Gasteiger partial charge is 0.443 e. The second kappa shape index (κ2) is 6.23. The van der Waals surface area contributed by atoms with Crippen LogP contribution < -0.4 is 10.9 Å². The van der Waals surface area contributed by atoms with E-state index in [9.17, 15) is 9.59 Å². The molecule has 1 aromatic rings. The van der Waals surface area contributed by atoms with Crippen molar-refractivity contribution in [3.05, 3.63) is 32.9 Å². The Labute approximate surface area is 126 Å². The zero-order valence-electron chi connectivity index (χ0n) is 11.3. The van der Waals surface area contributed by atoms with Gasteiger partial charge in [0.2, 0.25) is 0 Å². The minimum Gasteiger partial charge on any atom is -0.443 e. The molecule has 104 valence electrons. The van der Waals surface area contributed by atoms with Crippen LogP contribution in [0.3, 0.4) is 0 Å². The molecule has 0 spiro atoms. The third-order valence-corrected chi connectivity index (χ3v) is 3.27. The van der Waals surface area contributed by atoms with E-state index in [1.807, 2.05) is 13.0 Å². The van der Waals surface area contributed by atoms with E-state index in [2.05, 4.69) is 33.4 Å². The van der Waals surface area contributed by atoms with Gasteiger partial charge in [0.25, 0.3) is 5.91 Å². The normalized spacial score (nSPS) is 10.8. The summed E-state index contributed by atoms with van der Waals surface area (Å²) in [6.07, 6.45) is -0.692. The van der Waals surface area contributed by atoms with Gasteiger partial charge in [-0.15, -0.1) is 0 Å². The molecule has 19 heavy (non-hydrogen) atoms. The number of aryl methyl sites for hydroxylation is 1. The Bertz CT molecular complexity index is 495. The summed E-state index contributed by atoms with van der Waals surface area (Å²) in [5.74, 6) is -0.385. The van der Waals surface area contributed by atoms with Crippen LogP contribution in [0.4, 0.5) is 4.79 Å². The molecule has 0 saturated heterocycles. The number of ether oxygens (including phenoxy) is 1. The molecule has 2 amide bonds. The lowest BCUT2D eigenvalue weighted by Gasteiger charge is -2.19. The highest BCUT2D eigenvalue weighted by Crippen LogP contribution is 2.13. The van der Waals surface area contributed by atoms with Gasteiger partial charge >= 0.3 is 6.09 Å². The Kier molecular flexibility index (Phi) is 5.16. The van der Waals surface area contributed by atoms with Gasteiger partial charge in [0.15, 0.2) is 0 Å². The lowest BCUT2D eigenvalue weighted by molar-refractivity contribution is 0.0483. The number of benzene rings is 1. The molecule has 5 nitrogen and oxygen atoms in total. The highest BCUT2D eigenvalue weighted by atomic mass is 127. The van der Waals surface area contributed by atoms with Crippen LogP contribution in [0.5, 0.6) is 0 Å². The molecule has 0 aromatic heterocycles. The van der Waals surface area contributed by atoms with Crippen molar-refractivity contribution in [2.45, 2.75) is 33.3 Å². The van der Waals surface area contributed by atoms with Crippen LogP contribution in [0.25, 0.3) is 0 Å². The molecule has 2 N–H and O–H groups in total. The Balaban J connectivity index is 2.56. The summed E-state index contributed by atoms with van der Waals surface area (Å²) in [5.41, 5.74) is 5.48. The first kappa shape index (κ1) is 15.7. The van der Waals surface area contributed by atoms with Crippen LogP contribution >= 0.6 is 22.6 Å². The van der Waals surface area contributed by atoms with Crippen LogP contribution in [0.15, 0.2) is 18.2 Å². The third kappa shape index (κ3) is 5.46. The molecule has 0 fully saturated rings. The maximum atomic E-state index is 11.8. The van der Waals surface area contributed by atoms with Gasteiger partial charge in [-0.1, -0.05) is 6.07 Å². The van der Waals surface area contributed by atoms with Crippen molar-refractivity contribution in [1.29, 1.82) is 0 Å². The SMILES string of the molecule is Cc1ccc(C(=O)NNC(=O)OC(C)(C)C)cc1I. The van der Waals surface area contributed by atoms with E-state index in [4.69, 9.17) is 4.74 Å². The summed E-state index contributed by atoms with van der Waals surface area (Å²) in [5, 5.41) is 0. The van der Waals surface area contributed by atoms with E-state index in [0.29, 0.717) is 5.56 Å². The molecule has 0 aliphatic heterocycles. The van der Waals surface area contributed by atoms with Crippen LogP contribution in [0.2, 0.25) is 0 Å². The predicted molar refractivity (Wildman–Crippen MR) is 80.7 cm³/mol. The van der Waals surface area contributed by atoms with Crippen molar-refractivity contribution < 1.29 is 14.3 Å². The van der Waals surface area contributed by atoms with E-state index in [1.54, 1.807) is 32.9 Å². The quantitative estimate of drug-likeness (QED) is 0.585. The van der Waals surface area contributed by atoms with Crippen LogP contribution in [-0.4, -0.2) is 17.6 Å². The van der Waals surface area contributed by atoms with Crippen molar-refractivity contribution in [3.63, 3.8) is 0 Å². The molecule has 0 bridgehead atoms. The van der Waals surface area contributed by atoms with Crippen LogP contribution in [-0.2, 0) is 4.74 Å². The summed E-state index contributed by atoms with van der Waals surface area (Å²) >= 11 is 2.15. The van der Waals surface area contributed by atoms with Gasteiger partial charge < -0.3 is 4.74 Å². The van der Waals surface area contributed by atoms with Gasteiger partial charge in [-0.25, -0.2) is 10.2 Å². The number of hydrazine groups is 1. The smallest absolute Gasteiger partial charge is 0.426 e. The van der Waals surface area contributed by atoms with Crippen LogP contribution in [0.1, 0.15) is 36.7 Å². The summed E-state index contributed by atoms with van der Waals surface area (Å²) in [6.45, 7) is 7.20. The lowest BCUT2D eigenvalue weighted by Crippen LogP contribution is -2.44. The number of carbonyl (C=O) groups is 2. The summed E-state index contributed by atoms with van der Waals surface area (Å²) in [7, 11) is 0. The standard InChI is InChI=1S/C13H17IN2O3/c1-8-5-6-9(7-10(8)14)11(17)15-16-12(18)19-13(2,3)4/h5-7H,1-4H3,(H,15,17)(H,16,18). The highest BCUT2D eigenvalue weighted by Gasteiger charge is 2.16. The molecule has 0 aliphatic carbocycles. The Morgan fingerprint density at radius 2 is 1.84 bits per heavy atom. The molecule has 0 saturated carbocycles. The first-order valence-corrected chi connectivity index (χ1v) is 6.82. The molecular formula is C13H17IN2O3. The average Bonchev–Trinajstić information content (AvgIpc) is 2.27. The molecular weight excluding hydrogens is 359 g/mol. The molecule has 0 unspecified atom stereocenters. The number of hydrogen-bond acceptors (Lipinski definition) is 3. The number of hydrogen-bond donors (Lipinski definition) is 2. The molecule has 0 atom stereocenters. The van der Waals surface area contributed by atoms with E-state index in [1.165, 1.54) is 0 Å².